The van der Waals surface area contributed by atoms with E-state index in [1.54, 1.807) is 37.6 Å². The maximum absolute atomic E-state index is 14.0. The number of rotatable bonds is 4. The van der Waals surface area contributed by atoms with Crippen LogP contribution in [0.15, 0.2) is 42.6 Å². The number of carbonyl (C=O) groups is 1. The van der Waals surface area contributed by atoms with Gasteiger partial charge in [0.2, 0.25) is 0 Å². The summed E-state index contributed by atoms with van der Waals surface area (Å²) in [6, 6.07) is 10.3. The van der Waals surface area contributed by atoms with Crippen molar-refractivity contribution < 1.29 is 13.9 Å². The van der Waals surface area contributed by atoms with Crippen molar-refractivity contribution in [2.75, 3.05) is 20.2 Å². The van der Waals surface area contributed by atoms with E-state index in [4.69, 9.17) is 4.74 Å². The number of halogens is 1. The van der Waals surface area contributed by atoms with E-state index in [0.717, 1.165) is 12.1 Å². The Hall–Kier alpha value is -2.27. The summed E-state index contributed by atoms with van der Waals surface area (Å²) >= 11 is 0. The van der Waals surface area contributed by atoms with Crippen molar-refractivity contribution in [1.29, 1.82) is 0 Å². The first-order chi connectivity index (χ1) is 12.1. The van der Waals surface area contributed by atoms with Gasteiger partial charge < -0.3 is 9.64 Å². The van der Waals surface area contributed by atoms with Crippen LogP contribution in [0.2, 0.25) is 0 Å². The second kappa shape index (κ2) is 7.74. The zero-order valence-corrected chi connectivity index (χ0v) is 14.6. The number of hydrogen-bond acceptors (Lipinski definition) is 3. The number of nitrogens with zero attached hydrogens (tertiary/aromatic N) is 2. The second-order valence-electron chi connectivity index (χ2n) is 6.56. The summed E-state index contributed by atoms with van der Waals surface area (Å²) < 4.78 is 19.6. The molecule has 1 amide bonds. The molecule has 2 heterocycles. The van der Waals surface area contributed by atoms with E-state index >= 15 is 0 Å². The molecule has 1 aliphatic rings. The topological polar surface area (TPSA) is 42.4 Å². The molecule has 0 N–H and O–H groups in total. The molecule has 1 aromatic heterocycles. The number of pyridine rings is 1. The minimum absolute atomic E-state index is 0.00131. The molecule has 2 atom stereocenters. The summed E-state index contributed by atoms with van der Waals surface area (Å²) in [4.78, 5) is 18.8. The molecule has 2 aromatic rings. The van der Waals surface area contributed by atoms with Crippen LogP contribution in [-0.4, -0.2) is 42.1 Å². The Balaban J connectivity index is 1.76. The molecule has 0 bridgehead atoms. The van der Waals surface area contributed by atoms with Crippen molar-refractivity contribution in [2.24, 2.45) is 5.92 Å². The summed E-state index contributed by atoms with van der Waals surface area (Å²) in [6.07, 6.45) is 3.00. The van der Waals surface area contributed by atoms with Gasteiger partial charge in [-0.15, -0.1) is 0 Å². The van der Waals surface area contributed by atoms with Crippen LogP contribution in [0, 0.1) is 18.7 Å². The van der Waals surface area contributed by atoms with Gasteiger partial charge in [-0.25, -0.2) is 4.39 Å². The van der Waals surface area contributed by atoms with Crippen LogP contribution in [0.5, 0.6) is 0 Å². The quantitative estimate of drug-likeness (QED) is 0.857. The number of aromatic nitrogens is 1. The van der Waals surface area contributed by atoms with E-state index < -0.39 is 0 Å². The summed E-state index contributed by atoms with van der Waals surface area (Å²) in [5.74, 6) is -0.133. The van der Waals surface area contributed by atoms with Crippen molar-refractivity contribution >= 4 is 5.91 Å². The van der Waals surface area contributed by atoms with E-state index in [9.17, 15) is 9.18 Å². The molecule has 1 aromatic carbocycles. The van der Waals surface area contributed by atoms with Crippen LogP contribution in [0.25, 0.3) is 0 Å². The molecule has 0 unspecified atom stereocenters. The predicted octanol–water partition coefficient (Wildman–Crippen LogP) is 3.25. The van der Waals surface area contributed by atoms with E-state index in [2.05, 4.69) is 4.98 Å². The third-order valence-corrected chi connectivity index (χ3v) is 4.84. The SMILES string of the molecule is CO[C@H]1CCN(C(=O)c2ccnc(C)c2)C[C@H]1Cc1ccccc1F. The highest BCUT2D eigenvalue weighted by Crippen LogP contribution is 2.25. The predicted molar refractivity (Wildman–Crippen MR) is 93.9 cm³/mol. The number of piperidine rings is 1. The van der Waals surface area contributed by atoms with Crippen molar-refractivity contribution in [3.63, 3.8) is 0 Å². The summed E-state index contributed by atoms with van der Waals surface area (Å²) in [7, 11) is 1.68. The highest BCUT2D eigenvalue weighted by molar-refractivity contribution is 5.94. The van der Waals surface area contributed by atoms with E-state index in [1.807, 2.05) is 17.9 Å². The van der Waals surface area contributed by atoms with Gasteiger partial charge in [-0.05, 0) is 43.5 Å². The molecule has 3 rings (SSSR count). The fourth-order valence-electron chi connectivity index (χ4n) is 3.51. The summed E-state index contributed by atoms with van der Waals surface area (Å²) in [5.41, 5.74) is 2.14. The molecule has 132 valence electrons. The van der Waals surface area contributed by atoms with Crippen LogP contribution in [-0.2, 0) is 11.2 Å². The molecular weight excluding hydrogens is 319 g/mol. The lowest BCUT2D eigenvalue weighted by Gasteiger charge is -2.38. The van der Waals surface area contributed by atoms with Crippen LogP contribution in [0.3, 0.4) is 0 Å². The van der Waals surface area contributed by atoms with E-state index in [1.165, 1.54) is 6.07 Å². The maximum atomic E-state index is 14.0. The number of likely N-dealkylation sites (tertiary alicyclic amines) is 1. The minimum atomic E-state index is -0.203. The highest BCUT2D eigenvalue weighted by Gasteiger charge is 2.32. The molecule has 5 heteroatoms. The number of carbonyl (C=O) groups excluding carboxylic acids is 1. The van der Waals surface area contributed by atoms with Gasteiger partial charge in [0.05, 0.1) is 6.10 Å². The number of benzene rings is 1. The summed E-state index contributed by atoms with van der Waals surface area (Å²) in [6.45, 7) is 3.08. The van der Waals surface area contributed by atoms with Gasteiger partial charge in [0.1, 0.15) is 5.82 Å². The Morgan fingerprint density at radius 1 is 1.36 bits per heavy atom. The Bertz CT molecular complexity index is 750. The highest BCUT2D eigenvalue weighted by atomic mass is 19.1. The van der Waals surface area contributed by atoms with Crippen LogP contribution in [0.1, 0.15) is 28.0 Å². The molecule has 0 aliphatic carbocycles. The van der Waals surface area contributed by atoms with Crippen molar-refractivity contribution in [3.8, 4) is 0 Å². The van der Waals surface area contributed by atoms with Crippen LogP contribution in [0.4, 0.5) is 4.39 Å². The maximum Gasteiger partial charge on any atom is 0.253 e. The molecule has 1 aliphatic heterocycles. The molecule has 0 saturated carbocycles. The minimum Gasteiger partial charge on any atom is -0.381 e. The first-order valence-corrected chi connectivity index (χ1v) is 8.56. The second-order valence-corrected chi connectivity index (χ2v) is 6.56. The van der Waals surface area contributed by atoms with Crippen molar-refractivity contribution in [1.82, 2.24) is 9.88 Å². The Kier molecular flexibility index (Phi) is 5.43. The van der Waals surface area contributed by atoms with Gasteiger partial charge >= 0.3 is 0 Å². The lowest BCUT2D eigenvalue weighted by molar-refractivity contribution is -0.00321. The van der Waals surface area contributed by atoms with E-state index in [0.29, 0.717) is 30.6 Å². The van der Waals surface area contributed by atoms with E-state index in [-0.39, 0.29) is 23.7 Å². The molecule has 1 saturated heterocycles. The largest absolute Gasteiger partial charge is 0.381 e. The van der Waals surface area contributed by atoms with Crippen LogP contribution >= 0.6 is 0 Å². The average Bonchev–Trinajstić information content (AvgIpc) is 2.63. The molecular formula is C20H23FN2O2. The zero-order chi connectivity index (χ0) is 17.8. The Labute approximate surface area is 147 Å². The lowest BCUT2D eigenvalue weighted by Crippen LogP contribution is -2.47. The lowest BCUT2D eigenvalue weighted by atomic mass is 9.88. The number of ether oxygens (including phenoxy) is 1. The molecule has 0 radical (unpaired) electrons. The fraction of sp³-hybridized carbons (Fsp3) is 0.400. The third kappa shape index (κ3) is 4.04. The third-order valence-electron chi connectivity index (χ3n) is 4.84. The smallest absolute Gasteiger partial charge is 0.253 e. The van der Waals surface area contributed by atoms with Gasteiger partial charge in [-0.1, -0.05) is 18.2 Å². The number of amides is 1. The summed E-state index contributed by atoms with van der Waals surface area (Å²) in [5, 5.41) is 0. The van der Waals surface area contributed by atoms with Crippen molar-refractivity contribution in [2.45, 2.75) is 25.9 Å². The van der Waals surface area contributed by atoms with Gasteiger partial charge in [0.15, 0.2) is 0 Å². The average molecular weight is 342 g/mol. The molecule has 25 heavy (non-hydrogen) atoms. The fourth-order valence-corrected chi connectivity index (χ4v) is 3.51. The monoisotopic (exact) mass is 342 g/mol. The molecule has 1 fully saturated rings. The standard InChI is InChI=1S/C20H23FN2O2/c1-14-11-16(7-9-22-14)20(24)23-10-8-19(25-2)17(13-23)12-15-5-3-4-6-18(15)21/h3-7,9,11,17,19H,8,10,12-13H2,1-2H3/t17-,19+/m1/s1. The van der Waals surface area contributed by atoms with Gasteiger partial charge in [-0.3, -0.25) is 9.78 Å². The van der Waals surface area contributed by atoms with Gasteiger partial charge in [0.25, 0.3) is 5.91 Å². The molecule has 4 nitrogen and oxygen atoms in total. The van der Waals surface area contributed by atoms with Crippen LogP contribution < -0.4 is 0 Å². The first kappa shape index (κ1) is 17.5. The zero-order valence-electron chi connectivity index (χ0n) is 14.6. The first-order valence-electron chi connectivity index (χ1n) is 8.56. The van der Waals surface area contributed by atoms with Gasteiger partial charge in [0, 0.05) is 43.6 Å². The number of aryl methyl sites for hydroxylation is 1. The number of methoxy groups -OCH3 is 1. The van der Waals surface area contributed by atoms with Gasteiger partial charge in [-0.2, -0.15) is 0 Å². The number of hydrogen-bond donors (Lipinski definition) is 0. The molecule has 0 spiro atoms. The normalized spacial score (nSPS) is 20.5. The Morgan fingerprint density at radius 2 is 2.16 bits per heavy atom. The Morgan fingerprint density at radius 3 is 2.88 bits per heavy atom. The van der Waals surface area contributed by atoms with Crippen molar-refractivity contribution in [3.05, 3.63) is 65.2 Å².